The highest BCUT2D eigenvalue weighted by Gasteiger charge is 2.47. The number of rotatable bonds is 3. The lowest BCUT2D eigenvalue weighted by molar-refractivity contribution is -0.148. The van der Waals surface area contributed by atoms with Gasteiger partial charge >= 0.3 is 5.97 Å². The Bertz CT molecular complexity index is 729. The van der Waals surface area contributed by atoms with E-state index in [0.29, 0.717) is 24.3 Å². The van der Waals surface area contributed by atoms with Gasteiger partial charge in [-0.2, -0.15) is 0 Å². The average Bonchev–Trinajstić information content (AvgIpc) is 3.14. The summed E-state index contributed by atoms with van der Waals surface area (Å²) in [4.78, 5) is 37.8. The fraction of sp³-hybridized carbons (Fsp3) is 0.353. The lowest BCUT2D eigenvalue weighted by Crippen LogP contribution is -2.37. The summed E-state index contributed by atoms with van der Waals surface area (Å²) in [6.45, 7) is -0.251. The van der Waals surface area contributed by atoms with Crippen molar-refractivity contribution in [3.63, 3.8) is 0 Å². The maximum absolute atomic E-state index is 12.3. The molecule has 2 aliphatic heterocycles. The Morgan fingerprint density at radius 3 is 2.46 bits per heavy atom. The normalized spacial score (nSPS) is 24.2. The molecule has 2 heterocycles. The summed E-state index contributed by atoms with van der Waals surface area (Å²) in [6, 6.07) is 4.75. The first-order valence-electron chi connectivity index (χ1n) is 7.74. The lowest BCUT2D eigenvalue weighted by Gasteiger charge is -2.14. The molecule has 0 saturated carbocycles. The van der Waals surface area contributed by atoms with Gasteiger partial charge in [-0.15, -0.1) is 0 Å². The van der Waals surface area contributed by atoms with E-state index in [2.05, 4.69) is 0 Å². The van der Waals surface area contributed by atoms with Crippen molar-refractivity contribution in [1.82, 2.24) is 4.90 Å². The Labute approximate surface area is 137 Å². The SMILES string of the molecule is O=C(CN1C(=O)C2CC=CCC2C1=O)Oc1ccc2c(c1)OCO2. The zero-order valence-electron chi connectivity index (χ0n) is 12.8. The summed E-state index contributed by atoms with van der Waals surface area (Å²) < 4.78 is 15.6. The van der Waals surface area contributed by atoms with E-state index in [1.165, 1.54) is 6.07 Å². The van der Waals surface area contributed by atoms with Crippen molar-refractivity contribution < 1.29 is 28.6 Å². The maximum Gasteiger partial charge on any atom is 0.331 e. The van der Waals surface area contributed by atoms with Crippen LogP contribution < -0.4 is 14.2 Å². The number of imide groups is 1. The minimum absolute atomic E-state index is 0.125. The number of ether oxygens (including phenoxy) is 3. The number of hydrogen-bond donors (Lipinski definition) is 0. The van der Waals surface area contributed by atoms with E-state index in [1.54, 1.807) is 12.1 Å². The molecule has 2 unspecified atom stereocenters. The minimum Gasteiger partial charge on any atom is -0.454 e. The van der Waals surface area contributed by atoms with Gasteiger partial charge in [0.1, 0.15) is 12.3 Å². The maximum atomic E-state index is 12.3. The van der Waals surface area contributed by atoms with E-state index in [0.717, 1.165) is 4.90 Å². The van der Waals surface area contributed by atoms with Crippen molar-refractivity contribution >= 4 is 17.8 Å². The van der Waals surface area contributed by atoms with E-state index >= 15 is 0 Å². The Morgan fingerprint density at radius 1 is 1.08 bits per heavy atom. The Morgan fingerprint density at radius 2 is 1.75 bits per heavy atom. The number of nitrogens with zero attached hydrogens (tertiary/aromatic N) is 1. The van der Waals surface area contributed by atoms with E-state index in [1.807, 2.05) is 12.2 Å². The zero-order valence-corrected chi connectivity index (χ0v) is 12.8. The van der Waals surface area contributed by atoms with Gasteiger partial charge in [-0.1, -0.05) is 12.2 Å². The number of carbonyl (C=O) groups is 3. The van der Waals surface area contributed by atoms with Crippen molar-refractivity contribution in [2.75, 3.05) is 13.3 Å². The molecule has 1 fully saturated rings. The molecule has 1 aliphatic carbocycles. The second-order valence-electron chi connectivity index (χ2n) is 5.91. The molecule has 0 radical (unpaired) electrons. The van der Waals surface area contributed by atoms with Crippen molar-refractivity contribution in [3.05, 3.63) is 30.4 Å². The predicted octanol–water partition coefficient (Wildman–Crippen LogP) is 1.27. The average molecular weight is 329 g/mol. The summed E-state index contributed by atoms with van der Waals surface area (Å²) >= 11 is 0. The summed E-state index contributed by atoms with van der Waals surface area (Å²) in [5.41, 5.74) is 0. The van der Waals surface area contributed by atoms with E-state index in [9.17, 15) is 14.4 Å². The van der Waals surface area contributed by atoms with Gasteiger partial charge in [0, 0.05) is 6.07 Å². The summed E-state index contributed by atoms with van der Waals surface area (Å²) in [5.74, 6) is -0.595. The van der Waals surface area contributed by atoms with Gasteiger partial charge in [-0.05, 0) is 25.0 Å². The van der Waals surface area contributed by atoms with Gasteiger partial charge < -0.3 is 14.2 Å². The fourth-order valence-electron chi connectivity index (χ4n) is 3.26. The predicted molar refractivity (Wildman–Crippen MR) is 80.3 cm³/mol. The largest absolute Gasteiger partial charge is 0.454 e. The van der Waals surface area contributed by atoms with Gasteiger partial charge in [-0.25, -0.2) is 4.79 Å². The summed E-state index contributed by atoms with van der Waals surface area (Å²) in [7, 11) is 0. The monoisotopic (exact) mass is 329 g/mol. The number of carbonyl (C=O) groups excluding carboxylic acids is 3. The van der Waals surface area contributed by atoms with Gasteiger partial charge in [0.25, 0.3) is 0 Å². The van der Waals surface area contributed by atoms with Gasteiger partial charge in [0.15, 0.2) is 11.5 Å². The molecule has 4 rings (SSSR count). The van der Waals surface area contributed by atoms with Crippen LogP contribution in [0.2, 0.25) is 0 Å². The Hall–Kier alpha value is -2.83. The number of fused-ring (bicyclic) bond motifs is 2. The Kier molecular flexibility index (Phi) is 3.48. The third-order valence-corrected chi connectivity index (χ3v) is 4.46. The lowest BCUT2D eigenvalue weighted by atomic mass is 9.85. The molecule has 1 aromatic rings. The van der Waals surface area contributed by atoms with Crippen LogP contribution in [0.5, 0.6) is 17.2 Å². The molecule has 0 bridgehead atoms. The van der Waals surface area contributed by atoms with Crippen molar-refractivity contribution in [2.24, 2.45) is 11.8 Å². The Balaban J connectivity index is 1.43. The first-order chi connectivity index (χ1) is 11.6. The molecule has 7 heteroatoms. The topological polar surface area (TPSA) is 82.1 Å². The second kappa shape index (κ2) is 5.67. The molecular formula is C17H15NO6. The van der Waals surface area contributed by atoms with Crippen LogP contribution in [0.3, 0.4) is 0 Å². The number of allylic oxidation sites excluding steroid dienone is 2. The minimum atomic E-state index is -0.665. The molecule has 24 heavy (non-hydrogen) atoms. The molecular weight excluding hydrogens is 314 g/mol. The van der Waals surface area contributed by atoms with E-state index in [-0.39, 0.29) is 42.7 Å². The fourth-order valence-corrected chi connectivity index (χ4v) is 3.26. The van der Waals surface area contributed by atoms with Crippen LogP contribution in [0.1, 0.15) is 12.8 Å². The zero-order chi connectivity index (χ0) is 16.7. The molecule has 1 aromatic carbocycles. The molecule has 1 saturated heterocycles. The van der Waals surface area contributed by atoms with Gasteiger partial charge in [-0.3, -0.25) is 14.5 Å². The highest BCUT2D eigenvalue weighted by Crippen LogP contribution is 2.36. The third kappa shape index (κ3) is 2.42. The highest BCUT2D eigenvalue weighted by molar-refractivity contribution is 6.07. The van der Waals surface area contributed by atoms with E-state index < -0.39 is 5.97 Å². The molecule has 2 amide bonds. The first-order valence-corrected chi connectivity index (χ1v) is 7.74. The number of benzene rings is 1. The molecule has 0 N–H and O–H groups in total. The second-order valence-corrected chi connectivity index (χ2v) is 5.91. The number of likely N-dealkylation sites (tertiary alicyclic amines) is 1. The number of hydrogen-bond acceptors (Lipinski definition) is 6. The highest BCUT2D eigenvalue weighted by atomic mass is 16.7. The smallest absolute Gasteiger partial charge is 0.331 e. The molecule has 0 spiro atoms. The molecule has 0 aromatic heterocycles. The first kappa shape index (κ1) is 14.7. The van der Waals surface area contributed by atoms with Crippen LogP contribution in [-0.4, -0.2) is 36.0 Å². The van der Waals surface area contributed by atoms with Gasteiger partial charge in [0.2, 0.25) is 18.6 Å². The summed E-state index contributed by atoms with van der Waals surface area (Å²) in [6.07, 6.45) is 4.90. The summed E-state index contributed by atoms with van der Waals surface area (Å²) in [5, 5.41) is 0. The molecule has 2 atom stereocenters. The van der Waals surface area contributed by atoms with Crippen LogP contribution in [0.15, 0.2) is 30.4 Å². The number of amides is 2. The van der Waals surface area contributed by atoms with Crippen LogP contribution in [0.25, 0.3) is 0 Å². The van der Waals surface area contributed by atoms with Gasteiger partial charge in [0.05, 0.1) is 11.8 Å². The van der Waals surface area contributed by atoms with Crippen LogP contribution in [0, 0.1) is 11.8 Å². The number of esters is 1. The quantitative estimate of drug-likeness (QED) is 0.359. The van der Waals surface area contributed by atoms with Crippen LogP contribution >= 0.6 is 0 Å². The van der Waals surface area contributed by atoms with Crippen molar-refractivity contribution in [2.45, 2.75) is 12.8 Å². The third-order valence-electron chi connectivity index (χ3n) is 4.46. The van der Waals surface area contributed by atoms with Crippen molar-refractivity contribution in [3.8, 4) is 17.2 Å². The molecule has 3 aliphatic rings. The standard InChI is InChI=1S/C17H15NO6/c19-15(24-10-5-6-13-14(7-10)23-9-22-13)8-18-16(20)11-3-1-2-4-12(11)17(18)21/h1-2,5-7,11-12H,3-4,8-9H2. The van der Waals surface area contributed by atoms with Crippen molar-refractivity contribution in [1.29, 1.82) is 0 Å². The van der Waals surface area contributed by atoms with Crippen LogP contribution in [0.4, 0.5) is 0 Å². The molecule has 124 valence electrons. The van der Waals surface area contributed by atoms with Crippen LogP contribution in [-0.2, 0) is 14.4 Å². The van der Waals surface area contributed by atoms with E-state index in [4.69, 9.17) is 14.2 Å². The molecule has 7 nitrogen and oxygen atoms in total.